The van der Waals surface area contributed by atoms with Gasteiger partial charge in [-0.2, -0.15) is 0 Å². The van der Waals surface area contributed by atoms with Gasteiger partial charge < -0.3 is 10.1 Å². The number of ether oxygens (including phenoxy) is 1. The van der Waals surface area contributed by atoms with Crippen molar-refractivity contribution in [3.63, 3.8) is 0 Å². The van der Waals surface area contributed by atoms with Crippen LogP contribution in [0.3, 0.4) is 0 Å². The second-order valence-electron chi connectivity index (χ2n) is 6.82. The van der Waals surface area contributed by atoms with Crippen LogP contribution in [0, 0.1) is 0 Å². The Hall–Kier alpha value is -3.05. The fraction of sp³-hybridized carbons (Fsp3) is 0.182. The summed E-state index contributed by atoms with van der Waals surface area (Å²) >= 11 is 6.07. The van der Waals surface area contributed by atoms with Gasteiger partial charge in [-0.3, -0.25) is 9.69 Å². The number of halogens is 1. The van der Waals surface area contributed by atoms with Crippen LogP contribution < -0.4 is 10.1 Å². The zero-order chi connectivity index (χ0) is 19.7. The van der Waals surface area contributed by atoms with Gasteiger partial charge in [0, 0.05) is 0 Å². The van der Waals surface area contributed by atoms with Crippen LogP contribution in [0.5, 0.6) is 5.75 Å². The minimum Gasteiger partial charge on any atom is -0.490 e. The largest absolute Gasteiger partial charge is 0.490 e. The number of carbonyl (C=O) groups is 2. The van der Waals surface area contributed by atoms with E-state index in [1.54, 1.807) is 19.1 Å². The van der Waals surface area contributed by atoms with Gasteiger partial charge in [0.1, 0.15) is 17.9 Å². The summed E-state index contributed by atoms with van der Waals surface area (Å²) in [4.78, 5) is 26.9. The molecule has 1 aliphatic rings. The molecule has 4 rings (SSSR count). The maximum atomic E-state index is 13.2. The Balaban J connectivity index is 1.55. The van der Waals surface area contributed by atoms with Gasteiger partial charge in [-0.05, 0) is 35.4 Å². The highest BCUT2D eigenvalue weighted by molar-refractivity contribution is 6.32. The maximum Gasteiger partial charge on any atom is 0.325 e. The topological polar surface area (TPSA) is 58.6 Å². The van der Waals surface area contributed by atoms with Crippen LogP contribution in [-0.4, -0.2) is 30.0 Å². The van der Waals surface area contributed by atoms with Crippen molar-refractivity contribution < 1.29 is 14.3 Å². The summed E-state index contributed by atoms with van der Waals surface area (Å²) in [5.74, 6) is 0.227. The van der Waals surface area contributed by atoms with Crippen LogP contribution in [0.4, 0.5) is 4.79 Å². The second-order valence-corrected chi connectivity index (χ2v) is 7.22. The van der Waals surface area contributed by atoms with Crippen LogP contribution in [0.1, 0.15) is 12.5 Å². The summed E-state index contributed by atoms with van der Waals surface area (Å²) in [7, 11) is 0. The molecule has 3 aromatic rings. The van der Waals surface area contributed by atoms with Crippen LogP contribution in [-0.2, 0) is 10.3 Å². The Morgan fingerprint density at radius 2 is 1.71 bits per heavy atom. The molecule has 1 N–H and O–H groups in total. The molecule has 28 heavy (non-hydrogen) atoms. The number of nitrogens with one attached hydrogen (secondary N) is 1. The van der Waals surface area contributed by atoms with Crippen molar-refractivity contribution in [1.29, 1.82) is 0 Å². The van der Waals surface area contributed by atoms with Crippen molar-refractivity contribution >= 4 is 34.3 Å². The number of fused-ring (bicyclic) bond motifs is 1. The fourth-order valence-corrected chi connectivity index (χ4v) is 3.74. The number of amides is 3. The van der Waals surface area contributed by atoms with Crippen LogP contribution in [0.2, 0.25) is 5.02 Å². The zero-order valence-electron chi connectivity index (χ0n) is 15.3. The Bertz CT molecular complexity index is 1060. The summed E-state index contributed by atoms with van der Waals surface area (Å²) in [5, 5.41) is 5.30. The molecule has 1 fully saturated rings. The van der Waals surface area contributed by atoms with Gasteiger partial charge in [-0.25, -0.2) is 4.79 Å². The molecule has 0 spiro atoms. The highest BCUT2D eigenvalue weighted by Crippen LogP contribution is 2.33. The average Bonchev–Trinajstić information content (AvgIpc) is 2.92. The van der Waals surface area contributed by atoms with Crippen molar-refractivity contribution in [3.05, 3.63) is 77.3 Å². The second kappa shape index (κ2) is 7.17. The molecule has 3 amide bonds. The minimum absolute atomic E-state index is 0.135. The molecule has 0 radical (unpaired) electrons. The molecule has 1 aliphatic heterocycles. The Kier molecular flexibility index (Phi) is 4.69. The highest BCUT2D eigenvalue weighted by Gasteiger charge is 2.49. The SMILES string of the molecule is C[C@@]1(c2cccc3ccccc23)NC(=O)N(CCOc2ccccc2Cl)C1=O. The molecule has 3 aromatic carbocycles. The predicted octanol–water partition coefficient (Wildman–Crippen LogP) is 4.34. The number of nitrogens with zero attached hydrogens (tertiary/aromatic N) is 1. The first-order chi connectivity index (χ1) is 13.5. The van der Waals surface area contributed by atoms with E-state index in [9.17, 15) is 9.59 Å². The molecule has 0 unspecified atom stereocenters. The summed E-state index contributed by atoms with van der Waals surface area (Å²) in [6.07, 6.45) is 0. The first-order valence-electron chi connectivity index (χ1n) is 9.00. The van der Waals surface area contributed by atoms with Gasteiger partial charge >= 0.3 is 6.03 Å². The molecule has 1 heterocycles. The molecular formula is C22H19ClN2O3. The van der Waals surface area contributed by atoms with Gasteiger partial charge in [0.2, 0.25) is 0 Å². The predicted molar refractivity (Wildman–Crippen MR) is 108 cm³/mol. The molecular weight excluding hydrogens is 376 g/mol. The Labute approximate surface area is 167 Å². The Morgan fingerprint density at radius 3 is 2.54 bits per heavy atom. The lowest BCUT2D eigenvalue weighted by Gasteiger charge is -2.24. The van der Waals surface area contributed by atoms with Crippen molar-refractivity contribution in [2.24, 2.45) is 0 Å². The molecule has 5 nitrogen and oxygen atoms in total. The first kappa shape index (κ1) is 18.3. The van der Waals surface area contributed by atoms with Gasteiger partial charge in [0.25, 0.3) is 5.91 Å². The van der Waals surface area contributed by atoms with E-state index in [-0.39, 0.29) is 19.1 Å². The molecule has 142 valence electrons. The summed E-state index contributed by atoms with van der Waals surface area (Å²) in [5.41, 5.74) is -0.346. The zero-order valence-corrected chi connectivity index (χ0v) is 16.1. The molecule has 1 atom stereocenters. The lowest BCUT2D eigenvalue weighted by Crippen LogP contribution is -2.41. The quantitative estimate of drug-likeness (QED) is 0.655. The Morgan fingerprint density at radius 1 is 1.00 bits per heavy atom. The lowest BCUT2D eigenvalue weighted by atomic mass is 9.88. The third-order valence-electron chi connectivity index (χ3n) is 5.01. The van der Waals surface area contributed by atoms with Gasteiger partial charge in [-0.15, -0.1) is 0 Å². The third-order valence-corrected chi connectivity index (χ3v) is 5.32. The van der Waals surface area contributed by atoms with Crippen molar-refractivity contribution in [3.8, 4) is 5.75 Å². The van der Waals surface area contributed by atoms with E-state index < -0.39 is 11.6 Å². The van der Waals surface area contributed by atoms with E-state index in [4.69, 9.17) is 16.3 Å². The smallest absolute Gasteiger partial charge is 0.325 e. The van der Waals surface area contributed by atoms with E-state index >= 15 is 0 Å². The van der Waals surface area contributed by atoms with E-state index in [0.717, 1.165) is 16.3 Å². The fourth-order valence-electron chi connectivity index (χ4n) is 3.55. The molecule has 0 bridgehead atoms. The molecule has 0 saturated carbocycles. The first-order valence-corrected chi connectivity index (χ1v) is 9.38. The number of hydrogen-bond acceptors (Lipinski definition) is 3. The van der Waals surface area contributed by atoms with Gasteiger partial charge in [0.05, 0.1) is 11.6 Å². The van der Waals surface area contributed by atoms with Crippen LogP contribution in [0.15, 0.2) is 66.7 Å². The lowest BCUT2D eigenvalue weighted by molar-refractivity contribution is -0.131. The molecule has 1 saturated heterocycles. The third kappa shape index (κ3) is 3.08. The number of benzene rings is 3. The normalized spacial score (nSPS) is 19.1. The van der Waals surface area contributed by atoms with Crippen molar-refractivity contribution in [1.82, 2.24) is 10.2 Å². The monoisotopic (exact) mass is 394 g/mol. The number of hydrogen-bond donors (Lipinski definition) is 1. The van der Waals surface area contributed by atoms with Crippen LogP contribution >= 0.6 is 11.6 Å². The minimum atomic E-state index is -1.12. The van der Waals surface area contributed by atoms with E-state index in [1.807, 2.05) is 54.6 Å². The highest BCUT2D eigenvalue weighted by atomic mass is 35.5. The standard InChI is InChI=1S/C22H19ClN2O3/c1-22(17-10-6-8-15-7-2-3-9-16(15)17)20(26)25(21(27)24-22)13-14-28-19-12-5-4-11-18(19)23/h2-12H,13-14H2,1H3,(H,24,27)/t22-/m0/s1. The number of para-hydroxylation sites is 1. The van der Waals surface area contributed by atoms with E-state index in [0.29, 0.717) is 10.8 Å². The molecule has 0 aromatic heterocycles. The summed E-state index contributed by atoms with van der Waals surface area (Å²) < 4.78 is 5.63. The van der Waals surface area contributed by atoms with E-state index in [2.05, 4.69) is 5.32 Å². The van der Waals surface area contributed by atoms with Crippen molar-refractivity contribution in [2.75, 3.05) is 13.2 Å². The number of urea groups is 1. The number of imide groups is 1. The average molecular weight is 395 g/mol. The summed E-state index contributed by atoms with van der Waals surface area (Å²) in [6, 6.07) is 20.2. The molecule has 6 heteroatoms. The number of rotatable bonds is 5. The van der Waals surface area contributed by atoms with Crippen molar-refractivity contribution in [2.45, 2.75) is 12.5 Å². The molecule has 0 aliphatic carbocycles. The number of carbonyl (C=O) groups excluding carboxylic acids is 2. The van der Waals surface area contributed by atoms with E-state index in [1.165, 1.54) is 4.90 Å². The maximum absolute atomic E-state index is 13.2. The van der Waals surface area contributed by atoms with Crippen LogP contribution in [0.25, 0.3) is 10.8 Å². The summed E-state index contributed by atoms with van der Waals surface area (Å²) in [6.45, 7) is 2.04. The van der Waals surface area contributed by atoms with Gasteiger partial charge in [0.15, 0.2) is 0 Å². The van der Waals surface area contributed by atoms with Gasteiger partial charge in [-0.1, -0.05) is 66.2 Å².